The Morgan fingerprint density at radius 3 is 2.50 bits per heavy atom. The Balaban J connectivity index is 1.30. The lowest BCUT2D eigenvalue weighted by atomic mass is 9.97. The first-order valence-electron chi connectivity index (χ1n) is 10.7. The van der Waals surface area contributed by atoms with E-state index in [0.29, 0.717) is 5.92 Å². The molecule has 0 saturated carbocycles. The summed E-state index contributed by atoms with van der Waals surface area (Å²) in [5, 5.41) is 14.1. The number of carbonyl (C=O) groups is 1. The van der Waals surface area contributed by atoms with Crippen molar-refractivity contribution in [1.29, 1.82) is 0 Å². The smallest absolute Gasteiger partial charge is 0.335 e. The Morgan fingerprint density at radius 2 is 1.84 bits per heavy atom. The van der Waals surface area contributed by atoms with Crippen molar-refractivity contribution in [3.8, 4) is 11.3 Å². The van der Waals surface area contributed by atoms with Gasteiger partial charge in [0.1, 0.15) is 10.3 Å². The largest absolute Gasteiger partial charge is 0.478 e. The molecule has 9 heteroatoms. The molecule has 0 spiro atoms. The fourth-order valence-corrected chi connectivity index (χ4v) is 4.84. The van der Waals surface area contributed by atoms with Crippen LogP contribution in [0.2, 0.25) is 0 Å². The fraction of sp³-hybridized carbons (Fsp3) is 0.348. The molecule has 1 aromatic carbocycles. The van der Waals surface area contributed by atoms with E-state index in [2.05, 4.69) is 28.9 Å². The van der Waals surface area contributed by atoms with E-state index in [9.17, 15) is 4.79 Å². The maximum absolute atomic E-state index is 11.1. The number of hydrogen-bond donors (Lipinski definition) is 1. The quantitative estimate of drug-likeness (QED) is 0.456. The topological polar surface area (TPSA) is 105 Å². The predicted octanol–water partition coefficient (Wildman–Crippen LogP) is 4.95. The summed E-state index contributed by atoms with van der Waals surface area (Å²) in [5.74, 6) is 1.14. The Labute approximate surface area is 188 Å². The lowest BCUT2D eigenvalue weighted by Gasteiger charge is -2.29. The first-order valence-corrected chi connectivity index (χ1v) is 11.5. The number of nitrogens with zero attached hydrogens (tertiary/aromatic N) is 5. The van der Waals surface area contributed by atoms with Gasteiger partial charge in [0.05, 0.1) is 11.3 Å². The zero-order chi connectivity index (χ0) is 22.2. The molecule has 164 valence electrons. The molecule has 1 N–H and O–H groups in total. The standard InChI is InChI=1S/C23H23N5O3S/c1-13(2)19-26-20(31-27-19)15-9-11-28(12-10-15)23-25-18-8-7-17(24-21(18)32-23)14-3-5-16(6-4-14)22(29)30/h3-8,13,15H,9-12H2,1-2H3,(H,29,30). The van der Waals surface area contributed by atoms with Gasteiger partial charge in [0, 0.05) is 30.5 Å². The number of carboxylic acids is 1. The molecular weight excluding hydrogens is 426 g/mol. The second-order valence-corrected chi connectivity index (χ2v) is 9.26. The zero-order valence-corrected chi connectivity index (χ0v) is 18.7. The maximum atomic E-state index is 11.1. The van der Waals surface area contributed by atoms with Gasteiger partial charge in [-0.3, -0.25) is 0 Å². The molecule has 8 nitrogen and oxygen atoms in total. The SMILES string of the molecule is CC(C)c1noc(C2CCN(c3nc4ccc(-c5ccc(C(=O)O)cc5)nc4s3)CC2)n1. The lowest BCUT2D eigenvalue weighted by Crippen LogP contribution is -2.32. The average molecular weight is 450 g/mol. The number of piperidine rings is 1. The van der Waals surface area contributed by atoms with Crippen molar-refractivity contribution in [3.05, 3.63) is 53.7 Å². The number of hydrogen-bond acceptors (Lipinski definition) is 8. The molecule has 4 heterocycles. The molecule has 0 aliphatic carbocycles. The van der Waals surface area contributed by atoms with Crippen LogP contribution >= 0.6 is 11.3 Å². The van der Waals surface area contributed by atoms with Crippen molar-refractivity contribution in [2.45, 2.75) is 38.5 Å². The molecule has 1 saturated heterocycles. The van der Waals surface area contributed by atoms with E-state index in [1.54, 1.807) is 35.6 Å². The third-order valence-electron chi connectivity index (χ3n) is 5.76. The van der Waals surface area contributed by atoms with Crippen LogP contribution in [0.1, 0.15) is 60.6 Å². The van der Waals surface area contributed by atoms with Gasteiger partial charge in [-0.25, -0.2) is 14.8 Å². The summed E-state index contributed by atoms with van der Waals surface area (Å²) >= 11 is 1.58. The fourth-order valence-electron chi connectivity index (χ4n) is 3.85. The van der Waals surface area contributed by atoms with Crippen molar-refractivity contribution in [3.63, 3.8) is 0 Å². The van der Waals surface area contributed by atoms with Crippen LogP contribution in [0.15, 0.2) is 40.9 Å². The summed E-state index contributed by atoms with van der Waals surface area (Å²) in [5.41, 5.74) is 2.82. The Hall–Kier alpha value is -3.33. The van der Waals surface area contributed by atoms with Crippen LogP contribution in [0.3, 0.4) is 0 Å². The first-order chi connectivity index (χ1) is 15.5. The minimum atomic E-state index is -0.935. The van der Waals surface area contributed by atoms with Crippen LogP contribution < -0.4 is 4.90 Å². The molecule has 32 heavy (non-hydrogen) atoms. The lowest BCUT2D eigenvalue weighted by molar-refractivity contribution is 0.0697. The molecule has 1 aliphatic heterocycles. The van der Waals surface area contributed by atoms with Gasteiger partial charge in [0.2, 0.25) is 5.89 Å². The molecule has 3 aromatic heterocycles. The minimum Gasteiger partial charge on any atom is -0.478 e. The molecule has 0 amide bonds. The van der Waals surface area contributed by atoms with Gasteiger partial charge in [-0.15, -0.1) is 0 Å². The van der Waals surface area contributed by atoms with Crippen molar-refractivity contribution in [2.24, 2.45) is 0 Å². The van der Waals surface area contributed by atoms with E-state index < -0.39 is 5.97 Å². The molecule has 0 unspecified atom stereocenters. The highest BCUT2D eigenvalue weighted by molar-refractivity contribution is 7.21. The molecule has 0 bridgehead atoms. The maximum Gasteiger partial charge on any atom is 0.335 e. The van der Waals surface area contributed by atoms with Gasteiger partial charge in [-0.2, -0.15) is 4.98 Å². The highest BCUT2D eigenvalue weighted by Gasteiger charge is 2.27. The van der Waals surface area contributed by atoms with E-state index in [1.807, 2.05) is 12.1 Å². The summed E-state index contributed by atoms with van der Waals surface area (Å²) in [4.78, 5) is 28.4. The van der Waals surface area contributed by atoms with E-state index >= 15 is 0 Å². The molecule has 0 radical (unpaired) electrons. The van der Waals surface area contributed by atoms with Gasteiger partial charge in [0.25, 0.3) is 0 Å². The van der Waals surface area contributed by atoms with Crippen molar-refractivity contribution >= 4 is 32.8 Å². The number of anilines is 1. The molecule has 1 fully saturated rings. The predicted molar refractivity (Wildman–Crippen MR) is 122 cm³/mol. The van der Waals surface area contributed by atoms with Crippen molar-refractivity contribution in [2.75, 3.05) is 18.0 Å². The van der Waals surface area contributed by atoms with Gasteiger partial charge in [0.15, 0.2) is 11.0 Å². The summed E-state index contributed by atoms with van der Waals surface area (Å²) in [6.45, 7) is 5.89. The summed E-state index contributed by atoms with van der Waals surface area (Å²) in [7, 11) is 0. The third kappa shape index (κ3) is 3.95. The second kappa shape index (κ2) is 8.31. The highest BCUT2D eigenvalue weighted by Crippen LogP contribution is 2.34. The number of thiazole rings is 1. The van der Waals surface area contributed by atoms with Crippen LogP contribution in [-0.2, 0) is 0 Å². The zero-order valence-electron chi connectivity index (χ0n) is 17.9. The van der Waals surface area contributed by atoms with Gasteiger partial charge in [-0.1, -0.05) is 42.5 Å². The van der Waals surface area contributed by atoms with Gasteiger partial charge < -0.3 is 14.5 Å². The summed E-state index contributed by atoms with van der Waals surface area (Å²) in [6, 6.07) is 10.7. The monoisotopic (exact) mass is 449 g/mol. The molecule has 4 aromatic rings. The molecule has 1 aliphatic rings. The first kappa shape index (κ1) is 20.6. The van der Waals surface area contributed by atoms with Crippen LogP contribution in [0.25, 0.3) is 21.6 Å². The molecule has 0 atom stereocenters. The molecular formula is C23H23N5O3S. The van der Waals surface area contributed by atoms with Crippen LogP contribution in [0, 0.1) is 0 Å². The number of benzene rings is 1. The van der Waals surface area contributed by atoms with Crippen LogP contribution in [0.5, 0.6) is 0 Å². The number of rotatable bonds is 5. The van der Waals surface area contributed by atoms with Crippen molar-refractivity contribution < 1.29 is 14.4 Å². The number of aromatic nitrogens is 4. The van der Waals surface area contributed by atoms with E-state index in [0.717, 1.165) is 64.4 Å². The number of fused-ring (bicyclic) bond motifs is 1. The second-order valence-electron chi connectivity index (χ2n) is 8.31. The number of pyridine rings is 1. The number of carboxylic acid groups (broad SMARTS) is 1. The van der Waals surface area contributed by atoms with Crippen molar-refractivity contribution in [1.82, 2.24) is 20.1 Å². The van der Waals surface area contributed by atoms with E-state index in [4.69, 9.17) is 19.6 Å². The van der Waals surface area contributed by atoms with Crippen LogP contribution in [-0.4, -0.2) is 44.3 Å². The highest BCUT2D eigenvalue weighted by atomic mass is 32.1. The third-order valence-corrected chi connectivity index (χ3v) is 6.79. The van der Waals surface area contributed by atoms with E-state index in [-0.39, 0.29) is 11.5 Å². The normalized spacial score (nSPS) is 15.0. The Kier molecular flexibility index (Phi) is 5.34. The summed E-state index contributed by atoms with van der Waals surface area (Å²) in [6.07, 6.45) is 1.90. The summed E-state index contributed by atoms with van der Waals surface area (Å²) < 4.78 is 5.49. The Morgan fingerprint density at radius 1 is 1.09 bits per heavy atom. The van der Waals surface area contributed by atoms with Gasteiger partial charge >= 0.3 is 5.97 Å². The Bertz CT molecular complexity index is 1260. The minimum absolute atomic E-state index is 0.263. The number of aromatic carboxylic acids is 1. The van der Waals surface area contributed by atoms with Gasteiger partial charge in [-0.05, 0) is 37.1 Å². The van der Waals surface area contributed by atoms with Crippen LogP contribution in [0.4, 0.5) is 5.13 Å². The average Bonchev–Trinajstić information content (AvgIpc) is 3.46. The van der Waals surface area contributed by atoms with E-state index in [1.165, 1.54) is 0 Å². The molecule has 5 rings (SSSR count).